The number of rotatable bonds is 8. The Labute approximate surface area is 181 Å². The number of hydrogen-bond acceptors (Lipinski definition) is 4. The van der Waals surface area contributed by atoms with Gasteiger partial charge in [0.15, 0.2) is 11.6 Å². The second kappa shape index (κ2) is 9.64. The van der Waals surface area contributed by atoms with Gasteiger partial charge < -0.3 is 9.84 Å². The lowest BCUT2D eigenvalue weighted by Gasteiger charge is -2.25. The van der Waals surface area contributed by atoms with Gasteiger partial charge in [0.05, 0.1) is 17.7 Å². The van der Waals surface area contributed by atoms with E-state index < -0.39 is 6.09 Å². The van der Waals surface area contributed by atoms with Gasteiger partial charge in [0, 0.05) is 30.7 Å². The van der Waals surface area contributed by atoms with Gasteiger partial charge in [-0.05, 0) is 36.6 Å². The van der Waals surface area contributed by atoms with Crippen LogP contribution in [0.3, 0.4) is 0 Å². The summed E-state index contributed by atoms with van der Waals surface area (Å²) in [7, 11) is 1.44. The molecule has 0 radical (unpaired) electrons. The Morgan fingerprint density at radius 2 is 2.00 bits per heavy atom. The van der Waals surface area contributed by atoms with E-state index >= 15 is 0 Å². The summed E-state index contributed by atoms with van der Waals surface area (Å²) in [6, 6.07) is 11.1. The number of nitrogens with zero attached hydrogens (tertiary/aromatic N) is 3. The van der Waals surface area contributed by atoms with Gasteiger partial charge >= 0.3 is 6.09 Å². The second-order valence-corrected chi connectivity index (χ2v) is 7.98. The molecule has 0 spiro atoms. The van der Waals surface area contributed by atoms with Gasteiger partial charge in [-0.2, -0.15) is 0 Å². The number of unbranched alkanes of at least 4 members (excludes halogenated alkanes) is 1. The van der Waals surface area contributed by atoms with E-state index in [2.05, 4.69) is 11.9 Å². The normalized spacial score (nSPS) is 11.1. The summed E-state index contributed by atoms with van der Waals surface area (Å²) >= 11 is 0. The lowest BCUT2D eigenvalue weighted by atomic mass is 10.0. The molecule has 0 saturated carbocycles. The van der Waals surface area contributed by atoms with Crippen molar-refractivity contribution < 1.29 is 14.6 Å². The number of benzene rings is 1. The maximum atomic E-state index is 13.4. The summed E-state index contributed by atoms with van der Waals surface area (Å²) in [4.78, 5) is 30.8. The molecule has 0 aliphatic carbocycles. The van der Waals surface area contributed by atoms with Crippen LogP contribution in [-0.2, 0) is 6.54 Å². The summed E-state index contributed by atoms with van der Waals surface area (Å²) < 4.78 is 7.66. The molecule has 0 saturated heterocycles. The van der Waals surface area contributed by atoms with Crippen molar-refractivity contribution in [2.24, 2.45) is 5.92 Å². The topological polar surface area (TPSA) is 84.7 Å². The van der Waals surface area contributed by atoms with Crippen molar-refractivity contribution in [2.45, 2.75) is 40.2 Å². The van der Waals surface area contributed by atoms with Crippen LogP contribution in [0.15, 0.2) is 47.4 Å². The van der Waals surface area contributed by atoms with Crippen LogP contribution in [0.2, 0.25) is 0 Å². The molecule has 7 nitrogen and oxygen atoms in total. The Balaban J connectivity index is 2.36. The van der Waals surface area contributed by atoms with Crippen LogP contribution < -0.4 is 15.2 Å². The van der Waals surface area contributed by atoms with Crippen molar-refractivity contribution in [1.82, 2.24) is 9.55 Å². The Kier molecular flexibility index (Phi) is 6.95. The number of pyridine rings is 2. The predicted octanol–water partition coefficient (Wildman–Crippen LogP) is 5.01. The molecule has 0 fully saturated rings. The van der Waals surface area contributed by atoms with E-state index in [0.717, 1.165) is 29.0 Å². The number of anilines is 1. The van der Waals surface area contributed by atoms with E-state index in [4.69, 9.17) is 4.74 Å². The second-order valence-electron chi connectivity index (χ2n) is 7.98. The van der Waals surface area contributed by atoms with E-state index in [1.165, 1.54) is 11.6 Å². The molecule has 1 N–H and O–H groups in total. The minimum absolute atomic E-state index is 0.146. The highest BCUT2D eigenvalue weighted by Gasteiger charge is 2.25. The fourth-order valence-corrected chi connectivity index (χ4v) is 3.52. The molecule has 0 aliphatic rings. The van der Waals surface area contributed by atoms with Crippen LogP contribution in [0, 0.1) is 5.92 Å². The third-order valence-corrected chi connectivity index (χ3v) is 5.06. The number of carbonyl (C=O) groups is 1. The maximum absolute atomic E-state index is 13.4. The minimum atomic E-state index is -1.16. The lowest BCUT2D eigenvalue weighted by Crippen LogP contribution is -2.34. The number of carboxylic acid groups (broad SMARTS) is 1. The van der Waals surface area contributed by atoms with Gasteiger partial charge in [-0.15, -0.1) is 0 Å². The molecule has 0 atom stereocenters. The van der Waals surface area contributed by atoms with E-state index in [0.29, 0.717) is 29.7 Å². The minimum Gasteiger partial charge on any atom is -0.489 e. The number of hydrogen-bond donors (Lipinski definition) is 1. The van der Waals surface area contributed by atoms with E-state index in [-0.39, 0.29) is 17.3 Å². The predicted molar refractivity (Wildman–Crippen MR) is 123 cm³/mol. The molecule has 1 aromatic carbocycles. The van der Waals surface area contributed by atoms with Crippen molar-refractivity contribution in [3.63, 3.8) is 0 Å². The first-order valence-electron chi connectivity index (χ1n) is 10.6. The lowest BCUT2D eigenvalue weighted by molar-refractivity contribution is 0.202. The number of aromatic nitrogens is 2. The standard InChI is InChI=1S/C24H29N3O4/c1-5-6-13-31-21-19-14-17(20-9-7-8-12-25-20)10-11-18(19)23(28)27(15-16(2)3)22(21)26(4)24(29)30/h7-12,14,16H,5-6,13,15H2,1-4H3,(H,29,30). The molecule has 31 heavy (non-hydrogen) atoms. The zero-order chi connectivity index (χ0) is 22.5. The van der Waals surface area contributed by atoms with Crippen LogP contribution in [0.25, 0.3) is 22.0 Å². The molecule has 3 aromatic rings. The molecule has 0 aliphatic heterocycles. The molecule has 2 aromatic heterocycles. The van der Waals surface area contributed by atoms with Gasteiger partial charge in [0.2, 0.25) is 0 Å². The summed E-state index contributed by atoms with van der Waals surface area (Å²) in [6.07, 6.45) is 2.31. The van der Waals surface area contributed by atoms with Crippen molar-refractivity contribution >= 4 is 22.7 Å². The van der Waals surface area contributed by atoms with Crippen LogP contribution in [-0.4, -0.2) is 34.4 Å². The third-order valence-electron chi connectivity index (χ3n) is 5.06. The average Bonchev–Trinajstić information content (AvgIpc) is 2.76. The first-order chi connectivity index (χ1) is 14.8. The summed E-state index contributed by atoms with van der Waals surface area (Å²) in [5.74, 6) is 0.812. The van der Waals surface area contributed by atoms with Gasteiger partial charge in [-0.1, -0.05) is 39.3 Å². The monoisotopic (exact) mass is 423 g/mol. The van der Waals surface area contributed by atoms with Crippen LogP contribution in [0.5, 0.6) is 5.75 Å². The molecule has 2 heterocycles. The largest absolute Gasteiger partial charge is 0.489 e. The highest BCUT2D eigenvalue weighted by atomic mass is 16.5. The van der Waals surface area contributed by atoms with Gasteiger partial charge in [-0.3, -0.25) is 19.2 Å². The van der Waals surface area contributed by atoms with Gasteiger partial charge in [-0.25, -0.2) is 4.79 Å². The van der Waals surface area contributed by atoms with Gasteiger partial charge in [0.1, 0.15) is 0 Å². The first-order valence-corrected chi connectivity index (χ1v) is 10.6. The Morgan fingerprint density at radius 3 is 2.61 bits per heavy atom. The molecule has 3 rings (SSSR count). The molecule has 1 amide bonds. The summed E-state index contributed by atoms with van der Waals surface area (Å²) in [5.41, 5.74) is 1.36. The molecular formula is C24H29N3O4. The highest BCUT2D eigenvalue weighted by Crippen LogP contribution is 2.36. The maximum Gasteiger partial charge on any atom is 0.412 e. The number of amides is 1. The van der Waals surface area contributed by atoms with Crippen molar-refractivity contribution in [3.8, 4) is 17.0 Å². The molecule has 0 bridgehead atoms. The van der Waals surface area contributed by atoms with Crippen LogP contribution in [0.1, 0.15) is 33.6 Å². The van der Waals surface area contributed by atoms with E-state index in [1.54, 1.807) is 12.3 Å². The number of ether oxygens (including phenoxy) is 1. The third kappa shape index (κ3) is 4.71. The number of fused-ring (bicyclic) bond motifs is 1. The Hall–Kier alpha value is -3.35. The fraction of sp³-hybridized carbons (Fsp3) is 0.375. The molecule has 0 unspecified atom stereocenters. The Bertz CT molecular complexity index is 1120. The SMILES string of the molecule is CCCCOc1c(N(C)C(=O)O)n(CC(C)C)c(=O)c2ccc(-c3ccccn3)cc12. The van der Waals surface area contributed by atoms with E-state index in [9.17, 15) is 14.7 Å². The first kappa shape index (κ1) is 22.3. The van der Waals surface area contributed by atoms with Crippen LogP contribution in [0.4, 0.5) is 10.6 Å². The molecule has 7 heteroatoms. The quantitative estimate of drug-likeness (QED) is 0.515. The summed E-state index contributed by atoms with van der Waals surface area (Å²) in [6.45, 7) is 6.85. The highest BCUT2D eigenvalue weighted by molar-refractivity contribution is 5.98. The smallest absolute Gasteiger partial charge is 0.412 e. The molecule has 164 valence electrons. The van der Waals surface area contributed by atoms with Crippen molar-refractivity contribution in [1.29, 1.82) is 0 Å². The average molecular weight is 424 g/mol. The van der Waals surface area contributed by atoms with Crippen molar-refractivity contribution in [3.05, 3.63) is 52.9 Å². The van der Waals surface area contributed by atoms with Gasteiger partial charge in [0.25, 0.3) is 5.56 Å². The van der Waals surface area contributed by atoms with Crippen LogP contribution >= 0.6 is 0 Å². The fourth-order valence-electron chi connectivity index (χ4n) is 3.52. The van der Waals surface area contributed by atoms with Crippen molar-refractivity contribution in [2.75, 3.05) is 18.6 Å². The molecular weight excluding hydrogens is 394 g/mol. The Morgan fingerprint density at radius 1 is 1.23 bits per heavy atom. The zero-order valence-corrected chi connectivity index (χ0v) is 18.5. The van der Waals surface area contributed by atoms with E-state index in [1.807, 2.05) is 44.2 Å². The summed E-state index contributed by atoms with van der Waals surface area (Å²) in [5, 5.41) is 10.8. The zero-order valence-electron chi connectivity index (χ0n) is 18.5.